The molecule has 1 fully saturated rings. The van der Waals surface area contributed by atoms with E-state index < -0.39 is 15.9 Å². The molecule has 2 amide bonds. The molecule has 28 heavy (non-hydrogen) atoms. The lowest BCUT2D eigenvalue weighted by atomic mass is 10.2. The van der Waals surface area contributed by atoms with E-state index in [9.17, 15) is 13.2 Å². The molecular weight excluding hydrogens is 380 g/mol. The quantitative estimate of drug-likeness (QED) is 0.764. The summed E-state index contributed by atoms with van der Waals surface area (Å²) in [4.78, 5) is 19.1. The fourth-order valence-electron chi connectivity index (χ4n) is 2.97. The van der Waals surface area contributed by atoms with Crippen LogP contribution in [0.2, 0.25) is 0 Å². The number of aromatic nitrogens is 1. The largest absolute Gasteiger partial charge is 0.378 e. The standard InChI is InChI=1S/C19H24N4O4S/c1-2-28(25,26)17-8-4-3-7-16(17)22-19(24)21-14-15-6-5-9-20-18(15)23-10-12-27-13-11-23/h3-9H,2,10-14H2,1H3,(H2,21,22,24). The van der Waals surface area contributed by atoms with Crippen molar-refractivity contribution in [2.45, 2.75) is 18.4 Å². The molecular formula is C19H24N4O4S. The van der Waals surface area contributed by atoms with E-state index in [0.717, 1.165) is 24.5 Å². The first-order valence-corrected chi connectivity index (χ1v) is 10.8. The summed E-state index contributed by atoms with van der Waals surface area (Å²) >= 11 is 0. The van der Waals surface area contributed by atoms with E-state index in [4.69, 9.17) is 4.74 Å². The molecule has 2 heterocycles. The maximum atomic E-state index is 12.4. The van der Waals surface area contributed by atoms with Crippen LogP contribution in [0.15, 0.2) is 47.5 Å². The first-order valence-electron chi connectivity index (χ1n) is 9.14. The number of carbonyl (C=O) groups is 1. The van der Waals surface area contributed by atoms with Gasteiger partial charge in [0.15, 0.2) is 9.84 Å². The van der Waals surface area contributed by atoms with Gasteiger partial charge in [0, 0.05) is 31.4 Å². The van der Waals surface area contributed by atoms with Crippen LogP contribution < -0.4 is 15.5 Å². The molecule has 9 heteroatoms. The van der Waals surface area contributed by atoms with E-state index in [1.54, 1.807) is 31.3 Å². The highest BCUT2D eigenvalue weighted by molar-refractivity contribution is 7.91. The summed E-state index contributed by atoms with van der Waals surface area (Å²) in [5.41, 5.74) is 1.15. The molecule has 0 saturated carbocycles. The Labute approximate surface area is 164 Å². The van der Waals surface area contributed by atoms with Crippen LogP contribution in [0.25, 0.3) is 0 Å². The monoisotopic (exact) mass is 404 g/mol. The Morgan fingerprint density at radius 2 is 1.93 bits per heavy atom. The summed E-state index contributed by atoms with van der Waals surface area (Å²) in [6.45, 7) is 4.63. The Balaban J connectivity index is 1.68. The number of sulfone groups is 1. The van der Waals surface area contributed by atoms with Crippen LogP contribution in [0.3, 0.4) is 0 Å². The van der Waals surface area contributed by atoms with Gasteiger partial charge in [-0.2, -0.15) is 0 Å². The van der Waals surface area contributed by atoms with Gasteiger partial charge in [0.25, 0.3) is 0 Å². The molecule has 1 saturated heterocycles. The van der Waals surface area contributed by atoms with Crippen molar-refractivity contribution in [3.05, 3.63) is 48.2 Å². The number of morpholine rings is 1. The Bertz CT molecular complexity index is 927. The number of amides is 2. The molecule has 1 aliphatic heterocycles. The zero-order chi connectivity index (χ0) is 20.0. The molecule has 0 aliphatic carbocycles. The summed E-state index contributed by atoms with van der Waals surface area (Å²) in [6.07, 6.45) is 1.72. The number of hydrogen-bond donors (Lipinski definition) is 2. The molecule has 0 radical (unpaired) electrons. The van der Waals surface area contributed by atoms with Gasteiger partial charge in [-0.1, -0.05) is 25.1 Å². The Hall–Kier alpha value is -2.65. The van der Waals surface area contributed by atoms with E-state index in [0.29, 0.717) is 13.2 Å². The third kappa shape index (κ3) is 4.79. The highest BCUT2D eigenvalue weighted by Crippen LogP contribution is 2.22. The Morgan fingerprint density at radius 1 is 1.18 bits per heavy atom. The third-order valence-corrected chi connectivity index (χ3v) is 6.25. The minimum atomic E-state index is -3.43. The number of carbonyl (C=O) groups excluding carboxylic acids is 1. The first kappa shape index (κ1) is 20.1. The smallest absolute Gasteiger partial charge is 0.319 e. The summed E-state index contributed by atoms with van der Waals surface area (Å²) in [6, 6.07) is 9.64. The Morgan fingerprint density at radius 3 is 2.68 bits per heavy atom. The molecule has 150 valence electrons. The van der Waals surface area contributed by atoms with Crippen molar-refractivity contribution in [3.63, 3.8) is 0 Å². The zero-order valence-electron chi connectivity index (χ0n) is 15.7. The lowest BCUT2D eigenvalue weighted by molar-refractivity contribution is 0.122. The van der Waals surface area contributed by atoms with Crippen molar-refractivity contribution in [2.75, 3.05) is 42.3 Å². The topological polar surface area (TPSA) is 101 Å². The molecule has 1 aromatic carbocycles. The summed E-state index contributed by atoms with van der Waals surface area (Å²) in [5.74, 6) is 0.784. The van der Waals surface area contributed by atoms with Gasteiger partial charge in [-0.3, -0.25) is 0 Å². The SMILES string of the molecule is CCS(=O)(=O)c1ccccc1NC(=O)NCc1cccnc1N1CCOCC1. The van der Waals surface area contributed by atoms with E-state index in [2.05, 4.69) is 20.5 Å². The summed E-state index contributed by atoms with van der Waals surface area (Å²) in [7, 11) is -3.43. The van der Waals surface area contributed by atoms with E-state index >= 15 is 0 Å². The van der Waals surface area contributed by atoms with Gasteiger partial charge < -0.3 is 20.3 Å². The zero-order valence-corrected chi connectivity index (χ0v) is 16.5. The maximum Gasteiger partial charge on any atom is 0.319 e. The first-order chi connectivity index (χ1) is 13.5. The van der Waals surface area contributed by atoms with Crippen LogP contribution in [0.1, 0.15) is 12.5 Å². The highest BCUT2D eigenvalue weighted by Gasteiger charge is 2.19. The molecule has 0 unspecified atom stereocenters. The second kappa shape index (κ2) is 9.03. The van der Waals surface area contributed by atoms with Gasteiger partial charge >= 0.3 is 6.03 Å². The number of nitrogens with zero attached hydrogens (tertiary/aromatic N) is 2. The number of para-hydroxylation sites is 1. The van der Waals surface area contributed by atoms with Crippen molar-refractivity contribution < 1.29 is 17.9 Å². The van der Waals surface area contributed by atoms with Crippen LogP contribution in [0.4, 0.5) is 16.3 Å². The van der Waals surface area contributed by atoms with E-state index in [1.807, 2.05) is 12.1 Å². The number of nitrogens with one attached hydrogen (secondary N) is 2. The minimum absolute atomic E-state index is 0.0358. The molecule has 1 aromatic heterocycles. The lowest BCUT2D eigenvalue weighted by Crippen LogP contribution is -2.38. The van der Waals surface area contributed by atoms with Crippen LogP contribution >= 0.6 is 0 Å². The van der Waals surface area contributed by atoms with Crippen LogP contribution in [0.5, 0.6) is 0 Å². The van der Waals surface area contributed by atoms with Crippen molar-refractivity contribution in [3.8, 4) is 0 Å². The van der Waals surface area contributed by atoms with Crippen LogP contribution in [0, 0.1) is 0 Å². The second-order valence-corrected chi connectivity index (χ2v) is 8.54. The van der Waals surface area contributed by atoms with Crippen molar-refractivity contribution in [2.24, 2.45) is 0 Å². The van der Waals surface area contributed by atoms with Crippen LogP contribution in [-0.4, -0.2) is 51.5 Å². The molecule has 0 spiro atoms. The molecule has 0 atom stereocenters. The summed E-state index contributed by atoms with van der Waals surface area (Å²) < 4.78 is 29.8. The molecule has 1 aliphatic rings. The van der Waals surface area contributed by atoms with Gasteiger partial charge in [0.05, 0.1) is 29.5 Å². The molecule has 2 N–H and O–H groups in total. The average Bonchev–Trinajstić information content (AvgIpc) is 2.73. The molecule has 2 aromatic rings. The van der Waals surface area contributed by atoms with Crippen LogP contribution in [-0.2, 0) is 21.1 Å². The summed E-state index contributed by atoms with van der Waals surface area (Å²) in [5, 5.41) is 5.42. The van der Waals surface area contributed by atoms with Gasteiger partial charge in [0.1, 0.15) is 5.82 Å². The second-order valence-electron chi connectivity index (χ2n) is 6.29. The van der Waals surface area contributed by atoms with Gasteiger partial charge in [-0.15, -0.1) is 0 Å². The van der Waals surface area contributed by atoms with Crippen molar-refractivity contribution >= 4 is 27.4 Å². The minimum Gasteiger partial charge on any atom is -0.378 e. The number of rotatable bonds is 6. The lowest BCUT2D eigenvalue weighted by Gasteiger charge is -2.29. The third-order valence-electron chi connectivity index (χ3n) is 4.47. The number of hydrogen-bond acceptors (Lipinski definition) is 6. The number of urea groups is 1. The molecule has 3 rings (SSSR count). The predicted molar refractivity (Wildman–Crippen MR) is 107 cm³/mol. The van der Waals surface area contributed by atoms with E-state index in [1.165, 1.54) is 6.07 Å². The predicted octanol–water partition coefficient (Wildman–Crippen LogP) is 2.03. The Kier molecular flexibility index (Phi) is 6.48. The number of ether oxygens (including phenoxy) is 1. The fourth-order valence-corrected chi connectivity index (χ4v) is 4.02. The van der Waals surface area contributed by atoms with Gasteiger partial charge in [0.2, 0.25) is 0 Å². The fraction of sp³-hybridized carbons (Fsp3) is 0.368. The number of pyridine rings is 1. The normalized spacial score (nSPS) is 14.5. The van der Waals surface area contributed by atoms with Gasteiger partial charge in [-0.25, -0.2) is 18.2 Å². The average molecular weight is 404 g/mol. The molecule has 0 bridgehead atoms. The number of anilines is 2. The van der Waals surface area contributed by atoms with Gasteiger partial charge in [-0.05, 0) is 18.2 Å². The molecule has 8 nitrogen and oxygen atoms in total. The maximum absolute atomic E-state index is 12.4. The van der Waals surface area contributed by atoms with Crippen molar-refractivity contribution in [1.29, 1.82) is 0 Å². The number of benzene rings is 1. The van der Waals surface area contributed by atoms with Crippen molar-refractivity contribution in [1.82, 2.24) is 10.3 Å². The van der Waals surface area contributed by atoms with E-state index in [-0.39, 0.29) is 22.9 Å². The highest BCUT2D eigenvalue weighted by atomic mass is 32.2.